The molecule has 14 heavy (non-hydrogen) atoms. The molecule has 0 aliphatic rings. The molecule has 1 heterocycles. The predicted octanol–water partition coefficient (Wildman–Crippen LogP) is 0.655. The summed E-state index contributed by atoms with van der Waals surface area (Å²) < 4.78 is 3.41. The summed E-state index contributed by atoms with van der Waals surface area (Å²) in [5.74, 6) is 0. The van der Waals surface area contributed by atoms with E-state index in [0.29, 0.717) is 13.1 Å². The molecule has 0 amide bonds. The molecule has 0 aliphatic carbocycles. The van der Waals surface area contributed by atoms with Gasteiger partial charge in [0.1, 0.15) is 0 Å². The molecule has 4 heteroatoms. The zero-order chi connectivity index (χ0) is 10.8. The summed E-state index contributed by atoms with van der Waals surface area (Å²) in [5.41, 5.74) is 5.65. The van der Waals surface area contributed by atoms with Gasteiger partial charge in [-0.15, -0.1) is 0 Å². The van der Waals surface area contributed by atoms with Crippen LogP contribution in [0.25, 0.3) is 0 Å². The number of rotatable bonds is 4. The summed E-state index contributed by atoms with van der Waals surface area (Å²) in [5, 5.41) is 0. The molecule has 0 aromatic carbocycles. The quantitative estimate of drug-likeness (QED) is 0.770. The lowest BCUT2D eigenvalue weighted by atomic mass is 9.94. The summed E-state index contributed by atoms with van der Waals surface area (Å²) in [6.45, 7) is 8.05. The van der Waals surface area contributed by atoms with Crippen LogP contribution in [-0.2, 0) is 13.1 Å². The van der Waals surface area contributed by atoms with Crippen LogP contribution in [0.5, 0.6) is 0 Å². The van der Waals surface area contributed by atoms with Gasteiger partial charge in [0.15, 0.2) is 0 Å². The van der Waals surface area contributed by atoms with Crippen molar-refractivity contribution < 1.29 is 0 Å². The Morgan fingerprint density at radius 3 is 2.36 bits per heavy atom. The zero-order valence-electron chi connectivity index (χ0n) is 9.16. The molecule has 0 atom stereocenters. The van der Waals surface area contributed by atoms with Crippen LogP contribution in [0.2, 0.25) is 0 Å². The highest BCUT2D eigenvalue weighted by atomic mass is 16.1. The highest BCUT2D eigenvalue weighted by molar-refractivity contribution is 4.84. The molecule has 2 N–H and O–H groups in total. The fourth-order valence-electron chi connectivity index (χ4n) is 1.34. The minimum atomic E-state index is -0.0241. The SMILES string of the molecule is CCn1ccn(CC(C)(C)CN)c1=O. The van der Waals surface area contributed by atoms with E-state index in [1.54, 1.807) is 9.13 Å². The van der Waals surface area contributed by atoms with E-state index >= 15 is 0 Å². The minimum Gasteiger partial charge on any atom is -0.330 e. The molecule has 0 radical (unpaired) electrons. The Kier molecular flexibility index (Phi) is 3.16. The first-order valence-corrected chi connectivity index (χ1v) is 4.96. The average Bonchev–Trinajstić information content (AvgIpc) is 2.47. The van der Waals surface area contributed by atoms with Gasteiger partial charge in [-0.1, -0.05) is 13.8 Å². The molecular formula is C10H19N3O. The second kappa shape index (κ2) is 4.00. The summed E-state index contributed by atoms with van der Waals surface area (Å²) in [7, 11) is 0. The molecule has 0 fully saturated rings. The van der Waals surface area contributed by atoms with Crippen molar-refractivity contribution in [2.45, 2.75) is 33.9 Å². The second-order valence-corrected chi connectivity index (χ2v) is 4.36. The highest BCUT2D eigenvalue weighted by Gasteiger charge is 2.17. The van der Waals surface area contributed by atoms with Crippen LogP contribution in [0.1, 0.15) is 20.8 Å². The first-order valence-electron chi connectivity index (χ1n) is 4.96. The molecule has 0 unspecified atom stereocenters. The number of nitrogens with zero attached hydrogens (tertiary/aromatic N) is 2. The maximum Gasteiger partial charge on any atom is 0.328 e. The van der Waals surface area contributed by atoms with E-state index in [0.717, 1.165) is 6.54 Å². The Morgan fingerprint density at radius 2 is 1.93 bits per heavy atom. The van der Waals surface area contributed by atoms with Gasteiger partial charge in [-0.05, 0) is 18.9 Å². The lowest BCUT2D eigenvalue weighted by Crippen LogP contribution is -2.34. The lowest BCUT2D eigenvalue weighted by Gasteiger charge is -2.21. The first kappa shape index (κ1) is 11.0. The van der Waals surface area contributed by atoms with E-state index in [1.165, 1.54) is 0 Å². The molecule has 0 saturated carbocycles. The molecule has 0 aliphatic heterocycles. The van der Waals surface area contributed by atoms with E-state index in [9.17, 15) is 4.79 Å². The Bertz CT molecular complexity index is 348. The summed E-state index contributed by atoms with van der Waals surface area (Å²) in [6.07, 6.45) is 3.64. The number of aromatic nitrogens is 2. The van der Waals surface area contributed by atoms with Crippen LogP contribution in [0, 0.1) is 5.41 Å². The fraction of sp³-hybridized carbons (Fsp3) is 0.700. The zero-order valence-corrected chi connectivity index (χ0v) is 9.16. The molecule has 1 aromatic rings. The normalized spacial score (nSPS) is 12.0. The van der Waals surface area contributed by atoms with Crippen molar-refractivity contribution in [2.75, 3.05) is 6.54 Å². The van der Waals surface area contributed by atoms with Gasteiger partial charge in [-0.25, -0.2) is 4.79 Å². The average molecular weight is 197 g/mol. The van der Waals surface area contributed by atoms with Gasteiger partial charge in [0, 0.05) is 25.5 Å². The van der Waals surface area contributed by atoms with Crippen LogP contribution in [0.15, 0.2) is 17.2 Å². The third kappa shape index (κ3) is 2.26. The lowest BCUT2D eigenvalue weighted by molar-refractivity contribution is 0.311. The number of hydrogen-bond acceptors (Lipinski definition) is 2. The first-order chi connectivity index (χ1) is 6.50. The van der Waals surface area contributed by atoms with Crippen molar-refractivity contribution in [1.82, 2.24) is 9.13 Å². The van der Waals surface area contributed by atoms with Gasteiger partial charge in [0.25, 0.3) is 0 Å². The highest BCUT2D eigenvalue weighted by Crippen LogP contribution is 2.14. The predicted molar refractivity (Wildman–Crippen MR) is 57.2 cm³/mol. The molecule has 0 spiro atoms. The molecule has 4 nitrogen and oxygen atoms in total. The number of nitrogens with two attached hydrogens (primary N) is 1. The molecule has 0 bridgehead atoms. The Balaban J connectivity index is 2.88. The van der Waals surface area contributed by atoms with E-state index in [2.05, 4.69) is 13.8 Å². The van der Waals surface area contributed by atoms with Crippen LogP contribution in [0.3, 0.4) is 0 Å². The van der Waals surface area contributed by atoms with E-state index in [-0.39, 0.29) is 11.1 Å². The van der Waals surface area contributed by atoms with Crippen molar-refractivity contribution >= 4 is 0 Å². The largest absolute Gasteiger partial charge is 0.330 e. The molecule has 0 saturated heterocycles. The van der Waals surface area contributed by atoms with Crippen molar-refractivity contribution in [3.05, 3.63) is 22.9 Å². The maximum atomic E-state index is 11.7. The molecular weight excluding hydrogens is 178 g/mol. The number of imidazole rings is 1. The number of aryl methyl sites for hydroxylation is 1. The van der Waals surface area contributed by atoms with Crippen molar-refractivity contribution in [2.24, 2.45) is 11.1 Å². The van der Waals surface area contributed by atoms with Crippen LogP contribution in [0.4, 0.5) is 0 Å². The summed E-state index contributed by atoms with van der Waals surface area (Å²) >= 11 is 0. The van der Waals surface area contributed by atoms with Crippen LogP contribution in [-0.4, -0.2) is 15.7 Å². The smallest absolute Gasteiger partial charge is 0.328 e. The third-order valence-electron chi connectivity index (χ3n) is 2.41. The van der Waals surface area contributed by atoms with Gasteiger partial charge in [0.05, 0.1) is 0 Å². The van der Waals surface area contributed by atoms with Gasteiger partial charge in [-0.2, -0.15) is 0 Å². The summed E-state index contributed by atoms with van der Waals surface area (Å²) in [6, 6.07) is 0. The van der Waals surface area contributed by atoms with Crippen molar-refractivity contribution in [1.29, 1.82) is 0 Å². The topological polar surface area (TPSA) is 52.9 Å². The van der Waals surface area contributed by atoms with Gasteiger partial charge < -0.3 is 5.73 Å². The van der Waals surface area contributed by atoms with E-state index in [1.807, 2.05) is 19.3 Å². The monoisotopic (exact) mass is 197 g/mol. The van der Waals surface area contributed by atoms with Crippen molar-refractivity contribution in [3.63, 3.8) is 0 Å². The maximum absolute atomic E-state index is 11.7. The third-order valence-corrected chi connectivity index (χ3v) is 2.41. The van der Waals surface area contributed by atoms with Crippen LogP contribution < -0.4 is 11.4 Å². The van der Waals surface area contributed by atoms with E-state index < -0.39 is 0 Å². The number of hydrogen-bond donors (Lipinski definition) is 1. The minimum absolute atomic E-state index is 0.0241. The van der Waals surface area contributed by atoms with Gasteiger partial charge >= 0.3 is 5.69 Å². The summed E-state index contributed by atoms with van der Waals surface area (Å²) in [4.78, 5) is 11.7. The van der Waals surface area contributed by atoms with E-state index in [4.69, 9.17) is 5.73 Å². The Labute approximate surface area is 84.3 Å². The van der Waals surface area contributed by atoms with Gasteiger partial charge in [-0.3, -0.25) is 9.13 Å². The van der Waals surface area contributed by atoms with Crippen molar-refractivity contribution in [3.8, 4) is 0 Å². The molecule has 80 valence electrons. The Hall–Kier alpha value is -1.03. The van der Waals surface area contributed by atoms with Crippen LogP contribution >= 0.6 is 0 Å². The molecule has 1 aromatic heterocycles. The fourth-order valence-corrected chi connectivity index (χ4v) is 1.34. The second-order valence-electron chi connectivity index (χ2n) is 4.36. The molecule has 1 rings (SSSR count). The van der Waals surface area contributed by atoms with Gasteiger partial charge in [0.2, 0.25) is 0 Å². The standard InChI is InChI=1S/C10H19N3O/c1-4-12-5-6-13(9(12)14)8-10(2,3)7-11/h5-6H,4,7-8,11H2,1-3H3. The Morgan fingerprint density at radius 1 is 1.36 bits per heavy atom.